The molecule has 2 heterocycles. The molecular weight excluding hydrogens is 320 g/mol. The first-order chi connectivity index (χ1) is 12.6. The minimum absolute atomic E-state index is 0.314. The first-order valence-electron chi connectivity index (χ1n) is 9.70. The number of fused-ring (bicyclic) bond motifs is 1. The summed E-state index contributed by atoms with van der Waals surface area (Å²) in [4.78, 5) is 17.3. The summed E-state index contributed by atoms with van der Waals surface area (Å²) in [5.41, 5.74) is 3.91. The van der Waals surface area contributed by atoms with Crippen LogP contribution in [0, 0.1) is 18.8 Å². The second kappa shape index (κ2) is 7.24. The van der Waals surface area contributed by atoms with Crippen LogP contribution >= 0.6 is 0 Å². The molecule has 0 radical (unpaired) electrons. The highest BCUT2D eigenvalue weighted by Gasteiger charge is 2.46. The maximum atomic E-state index is 12.8. The summed E-state index contributed by atoms with van der Waals surface area (Å²) < 4.78 is 0. The van der Waals surface area contributed by atoms with Crippen molar-refractivity contribution in [1.29, 1.82) is 0 Å². The first kappa shape index (κ1) is 17.3. The van der Waals surface area contributed by atoms with E-state index in [0.29, 0.717) is 30.2 Å². The maximum Gasteiger partial charge on any atom is 0.222 e. The van der Waals surface area contributed by atoms with Gasteiger partial charge in [-0.05, 0) is 37.4 Å². The van der Waals surface area contributed by atoms with Gasteiger partial charge in [-0.1, -0.05) is 60.2 Å². The molecule has 3 heteroatoms. The minimum atomic E-state index is 0.314. The van der Waals surface area contributed by atoms with Gasteiger partial charge >= 0.3 is 0 Å². The van der Waals surface area contributed by atoms with Gasteiger partial charge < -0.3 is 4.90 Å². The smallest absolute Gasteiger partial charge is 0.222 e. The zero-order valence-electron chi connectivity index (χ0n) is 15.8. The molecule has 136 valence electrons. The van der Waals surface area contributed by atoms with Gasteiger partial charge in [-0.25, -0.2) is 0 Å². The predicted molar refractivity (Wildman–Crippen MR) is 105 cm³/mol. The van der Waals surface area contributed by atoms with E-state index in [-0.39, 0.29) is 0 Å². The summed E-state index contributed by atoms with van der Waals surface area (Å²) >= 11 is 0. The fraction of sp³-hybridized carbons (Fsp3) is 0.435. The van der Waals surface area contributed by atoms with Crippen molar-refractivity contribution < 1.29 is 4.79 Å². The quantitative estimate of drug-likeness (QED) is 0.841. The summed E-state index contributed by atoms with van der Waals surface area (Å²) in [6.45, 7) is 5.01. The average Bonchev–Trinajstić information content (AvgIpc) is 3.18. The Morgan fingerprint density at radius 2 is 1.73 bits per heavy atom. The highest BCUT2D eigenvalue weighted by Crippen LogP contribution is 2.44. The van der Waals surface area contributed by atoms with Crippen molar-refractivity contribution in [2.45, 2.75) is 25.8 Å². The number of benzene rings is 2. The Labute approximate surface area is 156 Å². The fourth-order valence-electron chi connectivity index (χ4n) is 4.78. The molecular formula is C23H28N2O. The number of hydrogen-bond acceptors (Lipinski definition) is 2. The van der Waals surface area contributed by atoms with E-state index in [4.69, 9.17) is 0 Å². The van der Waals surface area contributed by atoms with Gasteiger partial charge in [0.25, 0.3) is 0 Å². The van der Waals surface area contributed by atoms with Gasteiger partial charge in [0.15, 0.2) is 0 Å². The Morgan fingerprint density at radius 1 is 1.00 bits per heavy atom. The molecule has 2 fully saturated rings. The molecule has 1 amide bonds. The Balaban J connectivity index is 1.38. The van der Waals surface area contributed by atoms with Crippen LogP contribution in [0.15, 0.2) is 54.6 Å². The second-order valence-corrected chi connectivity index (χ2v) is 8.00. The number of rotatable bonds is 4. The van der Waals surface area contributed by atoms with Crippen molar-refractivity contribution in [3.05, 3.63) is 71.3 Å². The van der Waals surface area contributed by atoms with Crippen LogP contribution in [0.1, 0.15) is 29.2 Å². The third-order valence-electron chi connectivity index (χ3n) is 6.14. The lowest BCUT2D eigenvalue weighted by molar-refractivity contribution is -0.130. The Kier molecular flexibility index (Phi) is 4.82. The first-order valence-corrected chi connectivity index (χ1v) is 9.70. The zero-order chi connectivity index (χ0) is 18.1. The van der Waals surface area contributed by atoms with E-state index in [2.05, 4.69) is 78.4 Å². The van der Waals surface area contributed by atoms with E-state index in [9.17, 15) is 4.79 Å². The van der Waals surface area contributed by atoms with E-state index < -0.39 is 0 Å². The van der Waals surface area contributed by atoms with Crippen molar-refractivity contribution in [3.63, 3.8) is 0 Å². The van der Waals surface area contributed by atoms with Gasteiger partial charge in [0, 0.05) is 38.0 Å². The average molecular weight is 348 g/mol. The molecule has 0 spiro atoms. The highest BCUT2D eigenvalue weighted by atomic mass is 16.2. The van der Waals surface area contributed by atoms with Crippen LogP contribution in [0.25, 0.3) is 0 Å². The van der Waals surface area contributed by atoms with Crippen LogP contribution in [0.5, 0.6) is 0 Å². The molecule has 2 aliphatic heterocycles. The van der Waals surface area contributed by atoms with Crippen molar-refractivity contribution in [1.82, 2.24) is 9.80 Å². The van der Waals surface area contributed by atoms with Crippen molar-refractivity contribution in [3.8, 4) is 0 Å². The molecule has 0 N–H and O–H groups in total. The molecule has 0 bridgehead atoms. The van der Waals surface area contributed by atoms with Gasteiger partial charge in [-0.3, -0.25) is 9.69 Å². The van der Waals surface area contributed by atoms with E-state index >= 15 is 0 Å². The number of carbonyl (C=O) groups is 1. The lowest BCUT2D eigenvalue weighted by Crippen LogP contribution is -2.33. The summed E-state index contributed by atoms with van der Waals surface area (Å²) in [5, 5.41) is 0. The topological polar surface area (TPSA) is 23.6 Å². The summed E-state index contributed by atoms with van der Waals surface area (Å²) in [5.74, 6) is 1.48. The van der Waals surface area contributed by atoms with Crippen LogP contribution < -0.4 is 0 Å². The summed E-state index contributed by atoms with van der Waals surface area (Å²) in [6, 6.07) is 19.7. The van der Waals surface area contributed by atoms with Gasteiger partial charge in [-0.15, -0.1) is 0 Å². The van der Waals surface area contributed by atoms with E-state index in [1.807, 2.05) is 0 Å². The zero-order valence-corrected chi connectivity index (χ0v) is 15.8. The van der Waals surface area contributed by atoms with E-state index in [1.54, 1.807) is 0 Å². The third kappa shape index (κ3) is 3.41. The molecule has 2 aromatic carbocycles. The number of amides is 1. The number of aryl methyl sites for hydroxylation is 2. The normalized spacial score (nSPS) is 25.5. The summed E-state index contributed by atoms with van der Waals surface area (Å²) in [6.07, 6.45) is 1.46. The predicted octanol–water partition coefficient (Wildman–Crippen LogP) is 3.69. The van der Waals surface area contributed by atoms with Crippen molar-refractivity contribution in [2.75, 3.05) is 26.7 Å². The molecule has 0 aliphatic carbocycles. The van der Waals surface area contributed by atoms with Crippen LogP contribution in [0.4, 0.5) is 0 Å². The number of nitrogens with zero attached hydrogens (tertiary/aromatic N) is 2. The fourth-order valence-corrected chi connectivity index (χ4v) is 4.78. The largest absolute Gasteiger partial charge is 0.342 e. The third-order valence-corrected chi connectivity index (χ3v) is 6.14. The highest BCUT2D eigenvalue weighted by molar-refractivity contribution is 5.76. The Bertz CT molecular complexity index is 756. The van der Waals surface area contributed by atoms with Gasteiger partial charge in [0.05, 0.1) is 0 Å². The van der Waals surface area contributed by atoms with Crippen LogP contribution in [-0.4, -0.2) is 42.4 Å². The SMILES string of the molecule is Cc1ccc(CCC(=O)N2C[C@@H]3CN(C)[C@@H](c4ccccc4)[C@@H]3C2)cc1. The van der Waals surface area contributed by atoms with Crippen LogP contribution in [0.3, 0.4) is 0 Å². The molecule has 0 saturated carbocycles. The molecule has 2 aromatic rings. The standard InChI is InChI=1S/C23H28N2O/c1-17-8-10-18(11-9-17)12-13-22(26)25-15-20-14-24(2)23(21(20)16-25)19-6-4-3-5-7-19/h3-11,20-21,23H,12-16H2,1-2H3/t20-,21+,23-/m0/s1. The van der Waals surface area contributed by atoms with E-state index in [0.717, 1.165) is 26.1 Å². The molecule has 3 atom stereocenters. The van der Waals surface area contributed by atoms with Crippen molar-refractivity contribution in [2.24, 2.45) is 11.8 Å². The van der Waals surface area contributed by atoms with Gasteiger partial charge in [0.2, 0.25) is 5.91 Å². The molecule has 2 saturated heterocycles. The summed E-state index contributed by atoms with van der Waals surface area (Å²) in [7, 11) is 2.22. The number of likely N-dealkylation sites (tertiary alicyclic amines) is 2. The lowest BCUT2D eigenvalue weighted by atomic mass is 9.90. The number of carbonyl (C=O) groups excluding carboxylic acids is 1. The molecule has 0 aromatic heterocycles. The lowest BCUT2D eigenvalue weighted by Gasteiger charge is -2.27. The minimum Gasteiger partial charge on any atom is -0.342 e. The van der Waals surface area contributed by atoms with Crippen molar-refractivity contribution >= 4 is 5.91 Å². The molecule has 0 unspecified atom stereocenters. The molecule has 4 rings (SSSR count). The van der Waals surface area contributed by atoms with Crippen LogP contribution in [-0.2, 0) is 11.2 Å². The van der Waals surface area contributed by atoms with Gasteiger partial charge in [0.1, 0.15) is 0 Å². The Morgan fingerprint density at radius 3 is 2.46 bits per heavy atom. The maximum absolute atomic E-state index is 12.8. The Hall–Kier alpha value is -2.13. The second-order valence-electron chi connectivity index (χ2n) is 8.00. The monoisotopic (exact) mass is 348 g/mol. The van der Waals surface area contributed by atoms with Crippen LogP contribution in [0.2, 0.25) is 0 Å². The van der Waals surface area contributed by atoms with Gasteiger partial charge in [-0.2, -0.15) is 0 Å². The molecule has 2 aliphatic rings. The number of hydrogen-bond donors (Lipinski definition) is 0. The molecule has 26 heavy (non-hydrogen) atoms. The van der Waals surface area contributed by atoms with E-state index in [1.165, 1.54) is 16.7 Å². The molecule has 3 nitrogen and oxygen atoms in total.